The number of carbonyl (C=O) groups excluding carboxylic acids is 1. The van der Waals surface area contributed by atoms with Gasteiger partial charge in [-0.2, -0.15) is 0 Å². The molecule has 0 radical (unpaired) electrons. The first-order valence-electron chi connectivity index (χ1n) is 10.5. The zero-order valence-corrected chi connectivity index (χ0v) is 17.5. The highest BCUT2D eigenvalue weighted by atomic mass is 16.5. The number of hydrogen-bond acceptors (Lipinski definition) is 6. The van der Waals surface area contributed by atoms with E-state index >= 15 is 0 Å². The van der Waals surface area contributed by atoms with Gasteiger partial charge in [0.15, 0.2) is 0 Å². The van der Waals surface area contributed by atoms with Crippen molar-refractivity contribution in [2.75, 3.05) is 31.6 Å². The van der Waals surface area contributed by atoms with E-state index < -0.39 is 0 Å². The van der Waals surface area contributed by atoms with Gasteiger partial charge in [0.1, 0.15) is 0 Å². The van der Waals surface area contributed by atoms with E-state index in [1.807, 2.05) is 7.05 Å². The molecule has 0 amide bonds. The minimum atomic E-state index is -0.383. The van der Waals surface area contributed by atoms with Gasteiger partial charge in [0, 0.05) is 32.5 Å². The highest BCUT2D eigenvalue weighted by molar-refractivity contribution is 5.88. The topological polar surface area (TPSA) is 67.3 Å². The maximum atomic E-state index is 11.7. The van der Waals surface area contributed by atoms with Crippen molar-refractivity contribution in [3.05, 3.63) is 66.0 Å². The van der Waals surface area contributed by atoms with E-state index in [1.54, 1.807) is 6.92 Å². The number of anilines is 1. The van der Waals surface area contributed by atoms with Crippen LogP contribution in [0.15, 0.2) is 54.9 Å². The molecule has 1 N–H and O–H groups in total. The molecular formula is C24H28N4O2. The van der Waals surface area contributed by atoms with Crippen molar-refractivity contribution < 1.29 is 9.53 Å². The van der Waals surface area contributed by atoms with Gasteiger partial charge in [-0.15, -0.1) is 0 Å². The lowest BCUT2D eigenvalue weighted by atomic mass is 10.1. The minimum Gasteiger partial charge on any atom is -0.462 e. The molecule has 4 rings (SSSR count). The largest absolute Gasteiger partial charge is 0.462 e. The van der Waals surface area contributed by atoms with Gasteiger partial charge in [-0.3, -0.25) is 0 Å². The molecule has 156 valence electrons. The van der Waals surface area contributed by atoms with E-state index in [0.29, 0.717) is 30.0 Å². The Morgan fingerprint density at radius 3 is 2.67 bits per heavy atom. The summed E-state index contributed by atoms with van der Waals surface area (Å²) in [4.78, 5) is 22.4. The Labute approximate surface area is 177 Å². The highest BCUT2D eigenvalue weighted by Crippen LogP contribution is 2.38. The molecule has 0 aliphatic heterocycles. The summed E-state index contributed by atoms with van der Waals surface area (Å²) >= 11 is 0. The Morgan fingerprint density at radius 2 is 1.90 bits per heavy atom. The zero-order chi connectivity index (χ0) is 20.9. The molecule has 1 aromatic heterocycles. The molecule has 2 aromatic carbocycles. The average Bonchev–Trinajstić information content (AvgIpc) is 3.51. The number of carbonyl (C=O) groups is 1. The standard InChI is InChI=1S/C24H28N4O2/c1-3-30-23(29)22-14-26-24(27-15-22)28(2)16-21-11-20(21)13-25-12-17-8-9-18-6-4-5-7-19(18)10-17/h4-10,14-15,20-21,25H,3,11-13,16H2,1-2H3. The van der Waals surface area contributed by atoms with Crippen LogP contribution in [0.5, 0.6) is 0 Å². The predicted octanol–water partition coefficient (Wildman–Crippen LogP) is 3.67. The molecule has 0 saturated heterocycles. The van der Waals surface area contributed by atoms with Gasteiger partial charge in [0.2, 0.25) is 5.95 Å². The SMILES string of the molecule is CCOC(=O)c1cnc(N(C)CC2CC2CNCc2ccc3ccccc3c2)nc1. The molecule has 6 nitrogen and oxygen atoms in total. The fourth-order valence-electron chi connectivity index (χ4n) is 3.81. The Hall–Kier alpha value is -2.99. The fraction of sp³-hybridized carbons (Fsp3) is 0.375. The first-order chi connectivity index (χ1) is 14.6. The number of aromatic nitrogens is 2. The van der Waals surface area contributed by atoms with E-state index in [0.717, 1.165) is 19.6 Å². The van der Waals surface area contributed by atoms with Crippen LogP contribution in [0.4, 0.5) is 5.95 Å². The van der Waals surface area contributed by atoms with Crippen LogP contribution in [0.3, 0.4) is 0 Å². The number of rotatable bonds is 9. The van der Waals surface area contributed by atoms with Gasteiger partial charge >= 0.3 is 5.97 Å². The van der Waals surface area contributed by atoms with Crippen LogP contribution in [0, 0.1) is 11.8 Å². The first-order valence-corrected chi connectivity index (χ1v) is 10.5. The van der Waals surface area contributed by atoms with Crippen molar-refractivity contribution in [3.8, 4) is 0 Å². The quantitative estimate of drug-likeness (QED) is 0.549. The molecule has 1 fully saturated rings. The van der Waals surface area contributed by atoms with Crippen molar-refractivity contribution in [2.45, 2.75) is 19.9 Å². The Balaban J connectivity index is 1.21. The van der Waals surface area contributed by atoms with Crippen LogP contribution in [0.1, 0.15) is 29.3 Å². The van der Waals surface area contributed by atoms with Crippen LogP contribution in [0.25, 0.3) is 10.8 Å². The van der Waals surface area contributed by atoms with E-state index in [1.165, 1.54) is 35.2 Å². The third-order valence-corrected chi connectivity index (χ3v) is 5.62. The lowest BCUT2D eigenvalue weighted by molar-refractivity contribution is 0.0525. The molecule has 0 bridgehead atoms. The van der Waals surface area contributed by atoms with Gasteiger partial charge in [-0.05, 0) is 54.1 Å². The van der Waals surface area contributed by atoms with E-state index in [2.05, 4.69) is 62.6 Å². The number of esters is 1. The summed E-state index contributed by atoms with van der Waals surface area (Å²) < 4.78 is 4.97. The third-order valence-electron chi connectivity index (χ3n) is 5.62. The first kappa shape index (κ1) is 20.3. The molecule has 3 aromatic rings. The molecular weight excluding hydrogens is 376 g/mol. The lowest BCUT2D eigenvalue weighted by Gasteiger charge is -2.17. The zero-order valence-electron chi connectivity index (χ0n) is 17.5. The summed E-state index contributed by atoms with van der Waals surface area (Å²) in [5.74, 6) is 1.59. The number of hydrogen-bond donors (Lipinski definition) is 1. The maximum absolute atomic E-state index is 11.7. The van der Waals surface area contributed by atoms with Crippen molar-refractivity contribution in [1.82, 2.24) is 15.3 Å². The Morgan fingerprint density at radius 1 is 1.13 bits per heavy atom. The molecule has 1 saturated carbocycles. The summed E-state index contributed by atoms with van der Waals surface area (Å²) in [5, 5.41) is 6.17. The molecule has 1 aliphatic rings. The number of ether oxygens (including phenoxy) is 1. The van der Waals surface area contributed by atoms with E-state index in [9.17, 15) is 4.79 Å². The van der Waals surface area contributed by atoms with Crippen LogP contribution < -0.4 is 10.2 Å². The monoisotopic (exact) mass is 404 g/mol. The smallest absolute Gasteiger partial charge is 0.341 e. The second kappa shape index (κ2) is 9.22. The molecule has 2 unspecified atom stereocenters. The summed E-state index contributed by atoms with van der Waals surface area (Å²) in [5.41, 5.74) is 1.70. The minimum absolute atomic E-state index is 0.346. The molecule has 1 aliphatic carbocycles. The van der Waals surface area contributed by atoms with E-state index in [-0.39, 0.29) is 5.97 Å². The summed E-state index contributed by atoms with van der Waals surface area (Å²) in [6, 6.07) is 15.1. The summed E-state index contributed by atoms with van der Waals surface area (Å²) in [6.45, 7) is 4.96. The second-order valence-electron chi connectivity index (χ2n) is 7.94. The third kappa shape index (κ3) is 4.94. The van der Waals surface area contributed by atoms with Gasteiger partial charge in [-0.25, -0.2) is 14.8 Å². The normalized spacial score (nSPS) is 17.7. The highest BCUT2D eigenvalue weighted by Gasteiger charge is 2.37. The molecule has 0 spiro atoms. The van der Waals surface area contributed by atoms with Crippen LogP contribution in [-0.4, -0.2) is 42.7 Å². The predicted molar refractivity (Wildman–Crippen MR) is 119 cm³/mol. The Kier molecular flexibility index (Phi) is 6.23. The van der Waals surface area contributed by atoms with Crippen LogP contribution in [0.2, 0.25) is 0 Å². The number of fused-ring (bicyclic) bond motifs is 1. The van der Waals surface area contributed by atoms with Crippen molar-refractivity contribution in [1.29, 1.82) is 0 Å². The average molecular weight is 405 g/mol. The Bertz CT molecular complexity index is 1010. The van der Waals surface area contributed by atoms with Crippen molar-refractivity contribution in [2.24, 2.45) is 11.8 Å². The maximum Gasteiger partial charge on any atom is 0.341 e. The number of nitrogens with one attached hydrogen (secondary N) is 1. The summed E-state index contributed by atoms with van der Waals surface area (Å²) in [6.07, 6.45) is 4.29. The van der Waals surface area contributed by atoms with Gasteiger partial charge < -0.3 is 15.0 Å². The van der Waals surface area contributed by atoms with Crippen LogP contribution >= 0.6 is 0 Å². The van der Waals surface area contributed by atoms with Crippen molar-refractivity contribution >= 4 is 22.7 Å². The van der Waals surface area contributed by atoms with Crippen LogP contribution in [-0.2, 0) is 11.3 Å². The van der Waals surface area contributed by atoms with Gasteiger partial charge in [-0.1, -0.05) is 36.4 Å². The van der Waals surface area contributed by atoms with Crippen molar-refractivity contribution in [3.63, 3.8) is 0 Å². The molecule has 1 heterocycles. The van der Waals surface area contributed by atoms with E-state index in [4.69, 9.17) is 4.74 Å². The molecule has 6 heteroatoms. The lowest BCUT2D eigenvalue weighted by Crippen LogP contribution is -2.24. The number of nitrogens with zero attached hydrogens (tertiary/aromatic N) is 3. The molecule has 2 atom stereocenters. The molecule has 30 heavy (non-hydrogen) atoms. The second-order valence-corrected chi connectivity index (χ2v) is 7.94. The van der Waals surface area contributed by atoms with Gasteiger partial charge in [0.05, 0.1) is 12.2 Å². The summed E-state index contributed by atoms with van der Waals surface area (Å²) in [7, 11) is 2.00. The fourth-order valence-corrected chi connectivity index (χ4v) is 3.81. The van der Waals surface area contributed by atoms with Gasteiger partial charge in [0.25, 0.3) is 0 Å². The number of benzene rings is 2.